The molecule has 2 aromatic carbocycles. The van der Waals surface area contributed by atoms with E-state index in [4.69, 9.17) is 16.5 Å². The van der Waals surface area contributed by atoms with Gasteiger partial charge in [0.1, 0.15) is 27.7 Å². The highest BCUT2D eigenvalue weighted by Crippen LogP contribution is 2.34. The first-order valence-corrected chi connectivity index (χ1v) is 16.8. The number of nitrogen functional groups attached to an aromatic ring is 2. The highest BCUT2D eigenvalue weighted by Gasteiger charge is 2.21. The largest absolute Gasteiger partial charge is 0.368 e. The van der Waals surface area contributed by atoms with E-state index in [1.54, 1.807) is 24.3 Å². The van der Waals surface area contributed by atoms with E-state index >= 15 is 0 Å². The van der Waals surface area contributed by atoms with Crippen LogP contribution in [-0.4, -0.2) is 82.3 Å². The number of aromatic nitrogens is 6. The predicted octanol–water partition coefficient (Wildman–Crippen LogP) is 3.69. The van der Waals surface area contributed by atoms with Gasteiger partial charge in [0.15, 0.2) is 21.3 Å². The summed E-state index contributed by atoms with van der Waals surface area (Å²) in [6, 6.07) is 12.8. The smallest absolute Gasteiger partial charge is 0.223 e. The topological polar surface area (TPSA) is 160 Å². The van der Waals surface area contributed by atoms with Crippen LogP contribution in [0.4, 0.5) is 32.3 Å². The van der Waals surface area contributed by atoms with Gasteiger partial charge < -0.3 is 31.9 Å². The van der Waals surface area contributed by atoms with Crippen LogP contribution in [0.2, 0.25) is 0 Å². The van der Waals surface area contributed by atoms with E-state index < -0.39 is 0 Å². The molecule has 0 unspecified atom stereocenters. The molecule has 2 aliphatic rings. The van der Waals surface area contributed by atoms with Crippen LogP contribution in [0.5, 0.6) is 0 Å². The normalized spacial score (nSPS) is 15.2. The molecule has 4 aromatic heterocycles. The second kappa shape index (κ2) is 13.6. The molecule has 47 heavy (non-hydrogen) atoms. The zero-order valence-electron chi connectivity index (χ0n) is 25.3. The number of benzene rings is 2. The average molecular weight is 675 g/mol. The van der Waals surface area contributed by atoms with Crippen molar-refractivity contribution in [2.75, 3.05) is 73.6 Å². The van der Waals surface area contributed by atoms with Crippen LogP contribution in [0.1, 0.15) is 10.6 Å². The Kier molecular flexibility index (Phi) is 8.97. The Bertz CT molecular complexity index is 1990. The molecule has 8 rings (SSSR count). The number of anilines is 4. The van der Waals surface area contributed by atoms with Crippen LogP contribution in [0, 0.1) is 11.6 Å². The third-order valence-corrected chi connectivity index (χ3v) is 9.70. The van der Waals surface area contributed by atoms with E-state index in [-0.39, 0.29) is 23.5 Å². The number of nitrogens with one attached hydrogen (secondary N) is 2. The molecule has 6 aromatic rings. The molecule has 6 heterocycles. The van der Waals surface area contributed by atoms with Gasteiger partial charge in [0.25, 0.3) is 0 Å². The Hall–Kier alpha value is -4.64. The van der Waals surface area contributed by atoms with E-state index in [1.165, 1.54) is 46.9 Å². The number of hydrogen-bond acceptors (Lipinski definition) is 14. The molecule has 6 N–H and O–H groups in total. The van der Waals surface area contributed by atoms with Gasteiger partial charge in [-0.1, -0.05) is 34.8 Å². The minimum atomic E-state index is -0.264. The van der Waals surface area contributed by atoms with Crippen molar-refractivity contribution < 1.29 is 8.78 Å². The summed E-state index contributed by atoms with van der Waals surface area (Å²) in [7, 11) is 0. The molecule has 0 bridgehead atoms. The van der Waals surface area contributed by atoms with Crippen LogP contribution in [-0.2, 0) is 6.42 Å². The first-order chi connectivity index (χ1) is 22.9. The summed E-state index contributed by atoms with van der Waals surface area (Å²) in [5, 5.41) is 8.35. The number of nitrogens with two attached hydrogens (primary N) is 2. The summed E-state index contributed by atoms with van der Waals surface area (Å²) in [5.41, 5.74) is 15.2. The van der Waals surface area contributed by atoms with Crippen molar-refractivity contribution in [3.63, 3.8) is 0 Å². The van der Waals surface area contributed by atoms with Crippen molar-refractivity contribution in [1.29, 1.82) is 0 Å². The SMILES string of the molecule is Nc1nc(N2CCNCC2)c2nc(-c3ccc(F)cc3)sc2n1.Nc1nc(N2CCNCC2)c2nc(Cc3ccc(F)cc3)sc2n1. The monoisotopic (exact) mass is 674 g/mol. The fourth-order valence-electron chi connectivity index (χ4n) is 5.45. The molecule has 0 spiro atoms. The number of rotatable bonds is 5. The van der Waals surface area contributed by atoms with Crippen LogP contribution in [0.25, 0.3) is 31.3 Å². The van der Waals surface area contributed by atoms with Crippen molar-refractivity contribution in [2.45, 2.75) is 6.42 Å². The summed E-state index contributed by atoms with van der Waals surface area (Å²) in [6.07, 6.45) is 0.641. The minimum absolute atomic E-state index is 0.234. The first kappa shape index (κ1) is 31.0. The highest BCUT2D eigenvalue weighted by atomic mass is 32.1. The molecule has 242 valence electrons. The number of fused-ring (bicyclic) bond motifs is 2. The third-order valence-electron chi connectivity index (χ3n) is 7.75. The van der Waals surface area contributed by atoms with Gasteiger partial charge >= 0.3 is 0 Å². The number of thiazole rings is 2. The van der Waals surface area contributed by atoms with E-state index in [9.17, 15) is 8.78 Å². The molecule has 12 nitrogen and oxygen atoms in total. The van der Waals surface area contributed by atoms with Crippen LogP contribution in [0.15, 0.2) is 48.5 Å². The van der Waals surface area contributed by atoms with Gasteiger partial charge in [-0.05, 0) is 42.0 Å². The van der Waals surface area contributed by atoms with Gasteiger partial charge in [0, 0.05) is 64.3 Å². The van der Waals surface area contributed by atoms with Gasteiger partial charge in [0.2, 0.25) is 11.9 Å². The maximum Gasteiger partial charge on any atom is 0.223 e. The fourth-order valence-corrected chi connectivity index (χ4v) is 7.37. The molecule has 0 aliphatic carbocycles. The number of piperazine rings is 2. The molecular formula is C31H32F2N12S2. The summed E-state index contributed by atoms with van der Waals surface area (Å²) in [6.45, 7) is 7.09. The summed E-state index contributed by atoms with van der Waals surface area (Å²) in [4.78, 5) is 32.8. The zero-order valence-corrected chi connectivity index (χ0v) is 26.9. The Balaban J connectivity index is 0.000000150. The molecule has 0 atom stereocenters. The summed E-state index contributed by atoms with van der Waals surface area (Å²) >= 11 is 2.95. The summed E-state index contributed by atoms with van der Waals surface area (Å²) in [5.74, 6) is 1.61. The third kappa shape index (κ3) is 7.05. The summed E-state index contributed by atoms with van der Waals surface area (Å²) < 4.78 is 26.1. The van der Waals surface area contributed by atoms with Crippen molar-refractivity contribution in [3.8, 4) is 10.6 Å². The Morgan fingerprint density at radius 1 is 0.617 bits per heavy atom. The van der Waals surface area contributed by atoms with Gasteiger partial charge in [-0.2, -0.15) is 9.97 Å². The number of nitrogens with zero attached hydrogens (tertiary/aromatic N) is 8. The van der Waals surface area contributed by atoms with E-state index in [0.29, 0.717) is 6.42 Å². The lowest BCUT2D eigenvalue weighted by Gasteiger charge is -2.28. The molecule has 2 fully saturated rings. The second-order valence-corrected chi connectivity index (χ2v) is 13.1. The Labute approximate surface area is 276 Å². The van der Waals surface area contributed by atoms with E-state index in [2.05, 4.69) is 45.4 Å². The van der Waals surface area contributed by atoms with Crippen LogP contribution in [0.3, 0.4) is 0 Å². The van der Waals surface area contributed by atoms with Crippen molar-refractivity contribution in [3.05, 3.63) is 70.7 Å². The van der Waals surface area contributed by atoms with Crippen LogP contribution < -0.4 is 31.9 Å². The molecule has 0 radical (unpaired) electrons. The Morgan fingerprint density at radius 2 is 1.11 bits per heavy atom. The molecule has 2 aliphatic heterocycles. The van der Waals surface area contributed by atoms with Gasteiger partial charge in [-0.25, -0.2) is 28.7 Å². The Morgan fingerprint density at radius 3 is 1.66 bits per heavy atom. The predicted molar refractivity (Wildman–Crippen MR) is 184 cm³/mol. The van der Waals surface area contributed by atoms with E-state index in [1.807, 2.05) is 0 Å². The van der Waals surface area contributed by atoms with Crippen LogP contribution >= 0.6 is 22.7 Å². The minimum Gasteiger partial charge on any atom is -0.368 e. The standard InChI is InChI=1S/C16H17FN6S.C15H15FN6S/c17-11-3-1-10(2-4-11)9-12-20-13-14(23-7-5-19-6-8-23)21-16(18)22-15(13)24-12;16-10-3-1-9(2-4-10)13-19-11-12(22-7-5-18-6-8-22)20-15(17)21-14(11)23-13/h1-4,19H,5-9H2,(H2,18,21,22);1-4,18H,5-8H2,(H2,17,20,21). The molecule has 0 amide bonds. The lowest BCUT2D eigenvalue weighted by molar-refractivity contribution is 0.586. The van der Waals surface area contributed by atoms with Crippen molar-refractivity contribution in [2.24, 2.45) is 0 Å². The fraction of sp³-hybridized carbons (Fsp3) is 0.290. The molecular weight excluding hydrogens is 643 g/mol. The average Bonchev–Trinajstić information content (AvgIpc) is 3.70. The number of halogens is 2. The van der Waals surface area contributed by atoms with Crippen molar-refractivity contribution >= 4 is 66.9 Å². The van der Waals surface area contributed by atoms with Gasteiger partial charge in [-0.15, -0.1) is 0 Å². The zero-order chi connectivity index (χ0) is 32.3. The second-order valence-electron chi connectivity index (χ2n) is 11.0. The first-order valence-electron chi connectivity index (χ1n) is 15.2. The molecule has 16 heteroatoms. The lowest BCUT2D eigenvalue weighted by Crippen LogP contribution is -2.44. The molecule has 2 saturated heterocycles. The van der Waals surface area contributed by atoms with Crippen molar-refractivity contribution in [1.82, 2.24) is 40.5 Å². The highest BCUT2D eigenvalue weighted by molar-refractivity contribution is 7.21. The van der Waals surface area contributed by atoms with Gasteiger partial charge in [-0.3, -0.25) is 0 Å². The quantitative estimate of drug-likeness (QED) is 0.210. The molecule has 0 saturated carbocycles. The number of hydrogen-bond donors (Lipinski definition) is 4. The maximum absolute atomic E-state index is 13.1. The van der Waals surface area contributed by atoms with E-state index in [0.717, 1.165) is 106 Å². The maximum atomic E-state index is 13.1. The lowest BCUT2D eigenvalue weighted by atomic mass is 10.1. The van der Waals surface area contributed by atoms with Gasteiger partial charge in [0.05, 0.1) is 5.01 Å².